The van der Waals surface area contributed by atoms with E-state index >= 15 is 0 Å². The summed E-state index contributed by atoms with van der Waals surface area (Å²) in [6, 6.07) is 9.95. The van der Waals surface area contributed by atoms with E-state index in [-0.39, 0.29) is 19.7 Å². The van der Waals surface area contributed by atoms with Crippen molar-refractivity contribution >= 4 is 22.1 Å². The average Bonchev–Trinajstić information content (AvgIpc) is 3.15. The van der Waals surface area contributed by atoms with E-state index in [0.717, 1.165) is 10.1 Å². The van der Waals surface area contributed by atoms with Crippen molar-refractivity contribution < 1.29 is 27.2 Å². The summed E-state index contributed by atoms with van der Waals surface area (Å²) in [7, 11) is 0.0827. The number of esters is 1. The molecular formula is C18H21N3O6S. The fourth-order valence-electron chi connectivity index (χ4n) is 2.69. The summed E-state index contributed by atoms with van der Waals surface area (Å²) >= 11 is 0. The Balaban J connectivity index is 1.55. The molecule has 2 heterocycles. The molecule has 1 fully saturated rings. The van der Waals surface area contributed by atoms with Crippen LogP contribution in [0.15, 0.2) is 40.8 Å². The first kappa shape index (κ1) is 20.1. The van der Waals surface area contributed by atoms with Crippen molar-refractivity contribution in [3.05, 3.63) is 59.0 Å². The number of rotatable bonds is 7. The summed E-state index contributed by atoms with van der Waals surface area (Å²) in [5, 5.41) is 0. The molecule has 1 aromatic heterocycles. The van der Waals surface area contributed by atoms with Crippen LogP contribution in [0, 0.1) is 0 Å². The van der Waals surface area contributed by atoms with Crippen LogP contribution in [0.1, 0.15) is 27.4 Å². The number of ether oxygens (including phenoxy) is 1. The number of hydrogen-bond acceptors (Lipinski definition) is 7. The van der Waals surface area contributed by atoms with Crippen LogP contribution in [0.4, 0.5) is 0 Å². The van der Waals surface area contributed by atoms with Gasteiger partial charge in [0.25, 0.3) is 0 Å². The van der Waals surface area contributed by atoms with Gasteiger partial charge in [0.15, 0.2) is 0 Å². The average molecular weight is 407 g/mol. The third-order valence-corrected chi connectivity index (χ3v) is 5.41. The second-order valence-electron chi connectivity index (χ2n) is 6.68. The van der Waals surface area contributed by atoms with Gasteiger partial charge in [0.05, 0.1) is 18.7 Å². The summed E-state index contributed by atoms with van der Waals surface area (Å²) in [5.74, 6) is 0.262. The maximum atomic E-state index is 12.2. The molecule has 1 aliphatic heterocycles. The van der Waals surface area contributed by atoms with E-state index in [0.29, 0.717) is 23.4 Å². The Morgan fingerprint density at radius 1 is 1.18 bits per heavy atom. The normalized spacial score (nSPS) is 16.3. The molecule has 1 amide bonds. The van der Waals surface area contributed by atoms with Gasteiger partial charge in [0.2, 0.25) is 5.91 Å². The summed E-state index contributed by atoms with van der Waals surface area (Å²) < 4.78 is 37.3. The van der Waals surface area contributed by atoms with E-state index in [1.165, 1.54) is 0 Å². The SMILES string of the molecule is CN(C)Cc1ccc(COC(=O)c2ccc(CN3CC(=O)NS3(=O)=O)cc2)o1. The van der Waals surface area contributed by atoms with Crippen molar-refractivity contribution in [1.29, 1.82) is 0 Å². The fraction of sp³-hybridized carbons (Fsp3) is 0.333. The smallest absolute Gasteiger partial charge is 0.338 e. The number of carbonyl (C=O) groups excluding carboxylic acids is 2. The zero-order chi connectivity index (χ0) is 20.3. The zero-order valence-corrected chi connectivity index (χ0v) is 16.4. The topological polar surface area (TPSA) is 109 Å². The highest BCUT2D eigenvalue weighted by atomic mass is 32.2. The van der Waals surface area contributed by atoms with Crippen molar-refractivity contribution in [2.75, 3.05) is 20.6 Å². The van der Waals surface area contributed by atoms with Gasteiger partial charge in [-0.3, -0.25) is 4.79 Å². The highest BCUT2D eigenvalue weighted by molar-refractivity contribution is 7.88. The molecule has 0 saturated carbocycles. The highest BCUT2D eigenvalue weighted by Crippen LogP contribution is 2.15. The number of carbonyl (C=O) groups is 2. The first-order chi connectivity index (χ1) is 13.2. The minimum Gasteiger partial charge on any atom is -0.461 e. The molecule has 1 saturated heterocycles. The number of benzene rings is 1. The zero-order valence-electron chi connectivity index (χ0n) is 15.5. The third kappa shape index (κ3) is 4.97. The maximum absolute atomic E-state index is 12.2. The highest BCUT2D eigenvalue weighted by Gasteiger charge is 2.33. The second kappa shape index (κ2) is 8.13. The van der Waals surface area contributed by atoms with Crippen LogP contribution in [0.2, 0.25) is 0 Å². The van der Waals surface area contributed by atoms with Gasteiger partial charge in [0, 0.05) is 6.54 Å². The number of furan rings is 1. The van der Waals surface area contributed by atoms with Gasteiger partial charge in [-0.25, -0.2) is 9.52 Å². The molecule has 9 nitrogen and oxygen atoms in total. The minimum atomic E-state index is -3.78. The minimum absolute atomic E-state index is 0.0216. The van der Waals surface area contributed by atoms with Crippen LogP contribution in [-0.4, -0.2) is 50.1 Å². The summed E-state index contributed by atoms with van der Waals surface area (Å²) in [4.78, 5) is 25.4. The molecule has 3 rings (SSSR count). The predicted octanol–water partition coefficient (Wildman–Crippen LogP) is 0.875. The Labute approximate surface area is 163 Å². The molecule has 28 heavy (non-hydrogen) atoms. The van der Waals surface area contributed by atoms with Crippen LogP contribution in [-0.2, 0) is 39.4 Å². The summed E-state index contributed by atoms with van der Waals surface area (Å²) in [5.41, 5.74) is 0.985. The van der Waals surface area contributed by atoms with Crippen LogP contribution >= 0.6 is 0 Å². The Morgan fingerprint density at radius 2 is 1.86 bits per heavy atom. The Kier molecular flexibility index (Phi) is 5.82. The van der Waals surface area contributed by atoms with Gasteiger partial charge in [-0.1, -0.05) is 12.1 Å². The Bertz CT molecular complexity index is 965. The molecule has 0 unspecified atom stereocenters. The lowest BCUT2D eigenvalue weighted by Crippen LogP contribution is -2.29. The van der Waals surface area contributed by atoms with Crippen LogP contribution < -0.4 is 4.72 Å². The lowest BCUT2D eigenvalue weighted by atomic mass is 10.1. The van der Waals surface area contributed by atoms with Gasteiger partial charge in [-0.05, 0) is 43.9 Å². The summed E-state index contributed by atoms with van der Waals surface area (Å²) in [6.07, 6.45) is 0. The molecule has 0 spiro atoms. The lowest BCUT2D eigenvalue weighted by molar-refractivity contribution is -0.118. The van der Waals surface area contributed by atoms with Gasteiger partial charge in [-0.15, -0.1) is 0 Å². The fourth-order valence-corrected chi connectivity index (χ4v) is 3.78. The van der Waals surface area contributed by atoms with E-state index in [4.69, 9.17) is 9.15 Å². The largest absolute Gasteiger partial charge is 0.461 e. The van der Waals surface area contributed by atoms with Crippen molar-refractivity contribution in [2.45, 2.75) is 19.7 Å². The molecule has 1 aromatic carbocycles. The molecule has 2 aromatic rings. The van der Waals surface area contributed by atoms with Crippen molar-refractivity contribution in [1.82, 2.24) is 13.9 Å². The van der Waals surface area contributed by atoms with Crippen molar-refractivity contribution in [3.63, 3.8) is 0 Å². The molecule has 0 bridgehead atoms. The van der Waals surface area contributed by atoms with Crippen molar-refractivity contribution in [3.8, 4) is 0 Å². The standard InChI is InChI=1S/C18H21N3O6S/c1-20(2)10-15-7-8-16(27-15)12-26-18(23)14-5-3-13(4-6-14)9-21-11-17(22)19-28(21,24)25/h3-8H,9-12H2,1-2H3,(H,19,22). The van der Waals surface area contributed by atoms with Crippen LogP contribution in [0.3, 0.4) is 0 Å². The molecule has 0 atom stereocenters. The van der Waals surface area contributed by atoms with E-state index in [2.05, 4.69) is 0 Å². The number of nitrogens with zero attached hydrogens (tertiary/aromatic N) is 2. The predicted molar refractivity (Wildman–Crippen MR) is 99.1 cm³/mol. The number of nitrogens with one attached hydrogen (secondary N) is 1. The molecule has 0 aliphatic carbocycles. The lowest BCUT2D eigenvalue weighted by Gasteiger charge is -2.12. The van der Waals surface area contributed by atoms with Gasteiger partial charge in [-0.2, -0.15) is 12.7 Å². The van der Waals surface area contributed by atoms with Crippen molar-refractivity contribution in [2.24, 2.45) is 0 Å². The first-order valence-corrected chi connectivity index (χ1v) is 9.96. The number of amides is 1. The molecule has 1 aliphatic rings. The number of hydrogen-bond donors (Lipinski definition) is 1. The Hall–Kier alpha value is -2.69. The van der Waals surface area contributed by atoms with E-state index < -0.39 is 22.1 Å². The van der Waals surface area contributed by atoms with Crippen LogP contribution in [0.5, 0.6) is 0 Å². The summed E-state index contributed by atoms with van der Waals surface area (Å²) in [6.45, 7) is 0.500. The monoisotopic (exact) mass is 407 g/mol. The molecule has 10 heteroatoms. The molecule has 1 N–H and O–H groups in total. The maximum Gasteiger partial charge on any atom is 0.338 e. The quantitative estimate of drug-likeness (QED) is 0.679. The van der Waals surface area contributed by atoms with E-state index in [1.807, 2.05) is 29.8 Å². The third-order valence-electron chi connectivity index (χ3n) is 3.99. The van der Waals surface area contributed by atoms with Gasteiger partial charge < -0.3 is 14.1 Å². The molecule has 0 radical (unpaired) electrons. The van der Waals surface area contributed by atoms with E-state index in [9.17, 15) is 18.0 Å². The first-order valence-electron chi connectivity index (χ1n) is 8.52. The molecule has 150 valence electrons. The second-order valence-corrected chi connectivity index (χ2v) is 8.35. The Morgan fingerprint density at radius 3 is 2.46 bits per heavy atom. The van der Waals surface area contributed by atoms with Crippen LogP contribution in [0.25, 0.3) is 0 Å². The van der Waals surface area contributed by atoms with E-state index in [1.54, 1.807) is 30.3 Å². The molecular weight excluding hydrogens is 386 g/mol. The van der Waals surface area contributed by atoms with Gasteiger partial charge in [0.1, 0.15) is 18.1 Å². The van der Waals surface area contributed by atoms with Gasteiger partial charge >= 0.3 is 16.2 Å².